The molecule has 3 nitrogen and oxygen atoms in total. The summed E-state index contributed by atoms with van der Waals surface area (Å²) in [4.78, 5) is 14.9. The predicted octanol–water partition coefficient (Wildman–Crippen LogP) is 1.69. The van der Waals surface area contributed by atoms with Gasteiger partial charge in [0.1, 0.15) is 0 Å². The lowest BCUT2D eigenvalue weighted by atomic mass is 9.68. The molecule has 1 N–H and O–H groups in total. The van der Waals surface area contributed by atoms with Crippen molar-refractivity contribution in [3.63, 3.8) is 0 Å². The summed E-state index contributed by atoms with van der Waals surface area (Å²) >= 11 is 1.86. The van der Waals surface area contributed by atoms with E-state index in [1.807, 2.05) is 11.8 Å². The van der Waals surface area contributed by atoms with Crippen LogP contribution in [-0.2, 0) is 4.79 Å². The second kappa shape index (κ2) is 4.41. The van der Waals surface area contributed by atoms with Crippen LogP contribution in [0.5, 0.6) is 0 Å². The van der Waals surface area contributed by atoms with E-state index < -0.39 is 0 Å². The zero-order valence-corrected chi connectivity index (χ0v) is 11.6. The molecule has 2 aliphatic carbocycles. The number of rotatable bonds is 1. The van der Waals surface area contributed by atoms with Crippen molar-refractivity contribution in [2.24, 2.45) is 17.8 Å². The Bertz CT molecular complexity index is 342. The lowest BCUT2D eigenvalue weighted by Crippen LogP contribution is -2.50. The molecule has 0 spiro atoms. The van der Waals surface area contributed by atoms with Crippen LogP contribution in [0.1, 0.15) is 32.1 Å². The number of carbonyl (C=O) groups excluding carboxylic acids is 1. The quantitative estimate of drug-likeness (QED) is 0.784. The van der Waals surface area contributed by atoms with E-state index in [0.29, 0.717) is 11.9 Å². The third kappa shape index (κ3) is 1.88. The minimum atomic E-state index is 0.102. The summed E-state index contributed by atoms with van der Waals surface area (Å²) in [5.41, 5.74) is 0. The Kier molecular flexibility index (Phi) is 2.84. The molecule has 0 aromatic heterocycles. The summed E-state index contributed by atoms with van der Waals surface area (Å²) in [7, 11) is 0. The number of hydrogen-bond donors (Lipinski definition) is 1. The zero-order chi connectivity index (χ0) is 12.1. The van der Waals surface area contributed by atoms with Gasteiger partial charge in [0, 0.05) is 24.2 Å². The average Bonchev–Trinajstić information content (AvgIpc) is 2.80. The molecule has 0 radical (unpaired) electrons. The van der Waals surface area contributed by atoms with Gasteiger partial charge in [-0.05, 0) is 49.9 Å². The van der Waals surface area contributed by atoms with Crippen molar-refractivity contribution in [3.8, 4) is 0 Å². The first-order valence-corrected chi connectivity index (χ1v) is 8.56. The van der Waals surface area contributed by atoms with Crippen LogP contribution >= 0.6 is 11.8 Å². The van der Waals surface area contributed by atoms with Gasteiger partial charge in [0.15, 0.2) is 0 Å². The Morgan fingerprint density at radius 2 is 1.78 bits per heavy atom. The molecule has 3 heterocycles. The van der Waals surface area contributed by atoms with E-state index in [4.69, 9.17) is 0 Å². The van der Waals surface area contributed by atoms with E-state index in [0.717, 1.165) is 35.9 Å². The standard InChI is InChI=1S/C14H22N2OS/c17-14(13-7-18-8-15-13)16-6-11-2-9-1-10(3-11)5-12(16)4-9/h9-13,15H,1-8H2. The van der Waals surface area contributed by atoms with Gasteiger partial charge < -0.3 is 4.90 Å². The molecule has 0 aromatic rings. The number of carbonyl (C=O) groups is 1. The maximum Gasteiger partial charge on any atom is 0.240 e. The fourth-order valence-corrected chi connectivity index (χ4v) is 5.74. The molecule has 3 unspecified atom stereocenters. The largest absolute Gasteiger partial charge is 0.338 e. The molecule has 1 amide bonds. The highest BCUT2D eigenvalue weighted by Crippen LogP contribution is 2.47. The number of amides is 1. The zero-order valence-electron chi connectivity index (χ0n) is 10.8. The first-order valence-electron chi connectivity index (χ1n) is 7.41. The summed E-state index contributed by atoms with van der Waals surface area (Å²) in [5, 5.41) is 3.35. The van der Waals surface area contributed by atoms with Gasteiger partial charge in [0.05, 0.1) is 6.04 Å². The fraction of sp³-hybridized carbons (Fsp3) is 0.929. The van der Waals surface area contributed by atoms with E-state index in [9.17, 15) is 4.79 Å². The second-order valence-corrected chi connectivity index (χ2v) is 7.72. The molecule has 0 aromatic carbocycles. The van der Waals surface area contributed by atoms with Gasteiger partial charge in [-0.1, -0.05) is 0 Å². The van der Waals surface area contributed by atoms with Crippen LogP contribution in [0, 0.1) is 17.8 Å². The van der Waals surface area contributed by atoms with Crippen LogP contribution in [-0.4, -0.2) is 41.1 Å². The molecule has 2 saturated carbocycles. The molecule has 3 atom stereocenters. The van der Waals surface area contributed by atoms with Crippen molar-refractivity contribution < 1.29 is 4.79 Å². The molecular formula is C14H22N2OS. The fourth-order valence-electron chi connectivity index (χ4n) is 4.81. The van der Waals surface area contributed by atoms with E-state index in [1.54, 1.807) is 0 Å². The van der Waals surface area contributed by atoms with Crippen LogP contribution in [0.2, 0.25) is 0 Å². The molecule has 3 aliphatic heterocycles. The summed E-state index contributed by atoms with van der Waals surface area (Å²) < 4.78 is 0. The number of thioether (sulfide) groups is 1. The van der Waals surface area contributed by atoms with Gasteiger partial charge >= 0.3 is 0 Å². The highest BCUT2D eigenvalue weighted by molar-refractivity contribution is 7.99. The van der Waals surface area contributed by atoms with Gasteiger partial charge in [-0.25, -0.2) is 0 Å². The van der Waals surface area contributed by atoms with Crippen LogP contribution < -0.4 is 5.32 Å². The Balaban J connectivity index is 1.55. The van der Waals surface area contributed by atoms with Crippen LogP contribution in [0.15, 0.2) is 0 Å². The Morgan fingerprint density at radius 3 is 2.44 bits per heavy atom. The molecule has 100 valence electrons. The maximum atomic E-state index is 12.7. The first-order chi connectivity index (χ1) is 8.79. The molecule has 3 saturated heterocycles. The van der Waals surface area contributed by atoms with E-state index in [2.05, 4.69) is 10.2 Å². The summed E-state index contributed by atoms with van der Waals surface area (Å²) in [5.74, 6) is 4.98. The summed E-state index contributed by atoms with van der Waals surface area (Å²) in [6.45, 7) is 1.05. The molecule has 5 rings (SSSR count). The highest BCUT2D eigenvalue weighted by atomic mass is 32.2. The third-order valence-electron chi connectivity index (χ3n) is 5.40. The predicted molar refractivity (Wildman–Crippen MR) is 73.3 cm³/mol. The molecular weight excluding hydrogens is 244 g/mol. The lowest BCUT2D eigenvalue weighted by molar-refractivity contribution is -0.135. The minimum absolute atomic E-state index is 0.102. The van der Waals surface area contributed by atoms with Crippen molar-refractivity contribution in [3.05, 3.63) is 0 Å². The monoisotopic (exact) mass is 266 g/mol. The van der Waals surface area contributed by atoms with Gasteiger partial charge in [0.2, 0.25) is 5.91 Å². The maximum absolute atomic E-state index is 12.7. The van der Waals surface area contributed by atoms with Crippen molar-refractivity contribution >= 4 is 17.7 Å². The van der Waals surface area contributed by atoms with Crippen molar-refractivity contribution in [2.45, 2.75) is 44.2 Å². The number of nitrogens with zero attached hydrogens (tertiary/aromatic N) is 1. The van der Waals surface area contributed by atoms with Crippen molar-refractivity contribution in [1.82, 2.24) is 10.2 Å². The topological polar surface area (TPSA) is 32.3 Å². The molecule has 4 heteroatoms. The first kappa shape index (κ1) is 11.6. The highest BCUT2D eigenvalue weighted by Gasteiger charge is 2.45. The molecule has 4 bridgehead atoms. The van der Waals surface area contributed by atoms with Gasteiger partial charge in [-0.3, -0.25) is 10.1 Å². The van der Waals surface area contributed by atoms with Crippen molar-refractivity contribution in [1.29, 1.82) is 0 Å². The number of fused-ring (bicyclic) bond motifs is 1. The lowest BCUT2D eigenvalue weighted by Gasteiger charge is -2.39. The second-order valence-electron chi connectivity index (χ2n) is 6.69. The minimum Gasteiger partial charge on any atom is -0.338 e. The normalized spacial score (nSPS) is 46.4. The van der Waals surface area contributed by atoms with E-state index >= 15 is 0 Å². The Hall–Kier alpha value is -0.220. The Morgan fingerprint density at radius 1 is 1.06 bits per heavy atom. The average molecular weight is 266 g/mol. The molecule has 5 aliphatic rings. The number of nitrogens with one attached hydrogen (secondary N) is 1. The summed E-state index contributed by atoms with van der Waals surface area (Å²) in [6.07, 6.45) is 6.82. The van der Waals surface area contributed by atoms with Gasteiger partial charge in [-0.15, -0.1) is 11.8 Å². The smallest absolute Gasteiger partial charge is 0.240 e. The van der Waals surface area contributed by atoms with Gasteiger partial charge in [0.25, 0.3) is 0 Å². The third-order valence-corrected chi connectivity index (χ3v) is 6.34. The Labute approximate surface area is 113 Å². The van der Waals surface area contributed by atoms with Crippen LogP contribution in [0.25, 0.3) is 0 Å². The SMILES string of the molecule is O=C(C1CSCN1)N1CC2CC3CC(C2)CC1C3. The van der Waals surface area contributed by atoms with Crippen molar-refractivity contribution in [2.75, 3.05) is 18.2 Å². The van der Waals surface area contributed by atoms with Crippen LogP contribution in [0.4, 0.5) is 0 Å². The molecule has 5 fully saturated rings. The van der Waals surface area contributed by atoms with Gasteiger partial charge in [-0.2, -0.15) is 0 Å². The van der Waals surface area contributed by atoms with E-state index in [-0.39, 0.29) is 6.04 Å². The summed E-state index contributed by atoms with van der Waals surface area (Å²) in [6, 6.07) is 0.673. The van der Waals surface area contributed by atoms with E-state index in [1.165, 1.54) is 32.1 Å². The molecule has 18 heavy (non-hydrogen) atoms. The number of hydrogen-bond acceptors (Lipinski definition) is 3. The van der Waals surface area contributed by atoms with Crippen LogP contribution in [0.3, 0.4) is 0 Å².